The van der Waals surface area contributed by atoms with Gasteiger partial charge in [0.1, 0.15) is 5.75 Å². The molecule has 0 aliphatic heterocycles. The second-order valence-corrected chi connectivity index (χ2v) is 10.9. The van der Waals surface area contributed by atoms with Crippen LogP contribution in [0.5, 0.6) is 17.2 Å². The highest BCUT2D eigenvalue weighted by molar-refractivity contribution is 5.91. The van der Waals surface area contributed by atoms with Crippen LogP contribution in [0, 0.1) is 29.3 Å². The number of ether oxygens (including phenoxy) is 3. The number of halogens is 3. The molecule has 0 saturated heterocycles. The van der Waals surface area contributed by atoms with Gasteiger partial charge in [-0.1, -0.05) is 77.1 Å². The Balaban J connectivity index is 1.52. The van der Waals surface area contributed by atoms with Crippen molar-refractivity contribution in [3.8, 4) is 29.1 Å². The molecule has 0 bridgehead atoms. The zero-order chi connectivity index (χ0) is 31.7. The molecule has 3 aromatic rings. The maximum atomic E-state index is 14.6. The minimum atomic E-state index is -1.32. The molecule has 7 heteroatoms. The van der Waals surface area contributed by atoms with Crippen LogP contribution in [0.3, 0.4) is 0 Å². The van der Waals surface area contributed by atoms with Crippen LogP contribution in [0.4, 0.5) is 13.2 Å². The largest absolute Gasteiger partial charge is 0.490 e. The van der Waals surface area contributed by atoms with Crippen molar-refractivity contribution < 1.29 is 32.2 Å². The van der Waals surface area contributed by atoms with Gasteiger partial charge in [-0.3, -0.25) is 0 Å². The Hall–Kier alpha value is -3.92. The van der Waals surface area contributed by atoms with E-state index in [2.05, 4.69) is 25.7 Å². The molecule has 1 atom stereocenters. The van der Waals surface area contributed by atoms with E-state index < -0.39 is 29.0 Å². The number of rotatable bonds is 17. The van der Waals surface area contributed by atoms with Crippen molar-refractivity contribution in [1.82, 2.24) is 0 Å². The number of carbonyl (C=O) groups is 1. The van der Waals surface area contributed by atoms with Crippen molar-refractivity contribution in [2.24, 2.45) is 0 Å². The number of hydrogen-bond acceptors (Lipinski definition) is 4. The fraction of sp³-hybridized carbons (Fsp3) is 0.432. The van der Waals surface area contributed by atoms with E-state index in [-0.39, 0.29) is 30.0 Å². The lowest BCUT2D eigenvalue weighted by Crippen LogP contribution is -2.12. The first-order valence-electron chi connectivity index (χ1n) is 15.7. The smallest absolute Gasteiger partial charge is 0.346 e. The molecule has 44 heavy (non-hydrogen) atoms. The van der Waals surface area contributed by atoms with Crippen LogP contribution < -0.4 is 14.2 Å². The van der Waals surface area contributed by atoms with E-state index in [9.17, 15) is 18.0 Å². The molecule has 0 spiro atoms. The fourth-order valence-electron chi connectivity index (χ4n) is 4.59. The highest BCUT2D eigenvalue weighted by atomic mass is 19.2. The molecule has 0 fully saturated rings. The van der Waals surface area contributed by atoms with Gasteiger partial charge in [0.2, 0.25) is 5.82 Å². The quantitative estimate of drug-likeness (QED) is 0.0662. The first-order chi connectivity index (χ1) is 21.3. The van der Waals surface area contributed by atoms with Crippen molar-refractivity contribution >= 4 is 5.97 Å². The average Bonchev–Trinajstić information content (AvgIpc) is 3.01. The van der Waals surface area contributed by atoms with Crippen LogP contribution in [-0.4, -0.2) is 18.7 Å². The summed E-state index contributed by atoms with van der Waals surface area (Å²) in [5.41, 5.74) is 0.548. The molecule has 0 radical (unpaired) electrons. The van der Waals surface area contributed by atoms with Crippen molar-refractivity contribution in [2.45, 2.75) is 97.5 Å². The van der Waals surface area contributed by atoms with Gasteiger partial charge >= 0.3 is 5.97 Å². The highest BCUT2D eigenvalue weighted by Gasteiger charge is 2.21. The molecule has 0 amide bonds. The summed E-state index contributed by atoms with van der Waals surface area (Å²) in [6.07, 6.45) is 11.6. The SMILES string of the molecule is CCCCCCCCOc1ccc(C(=O)Oc2ccc(C#Cc3ccc(OC(C)CCCCCC)c(F)c3)cc2)c(F)c1F. The number of esters is 1. The molecule has 0 aliphatic carbocycles. The zero-order valence-corrected chi connectivity index (χ0v) is 26.0. The van der Waals surface area contributed by atoms with E-state index in [1.165, 1.54) is 43.5 Å². The molecule has 236 valence electrons. The third kappa shape index (κ3) is 11.3. The third-order valence-corrected chi connectivity index (χ3v) is 7.16. The average molecular weight is 609 g/mol. The minimum absolute atomic E-state index is 0.0745. The van der Waals surface area contributed by atoms with Gasteiger partial charge < -0.3 is 14.2 Å². The van der Waals surface area contributed by atoms with Crippen LogP contribution in [0.2, 0.25) is 0 Å². The predicted octanol–water partition coefficient (Wildman–Crippen LogP) is 10.2. The second-order valence-electron chi connectivity index (χ2n) is 10.9. The molecular weight excluding hydrogens is 565 g/mol. The molecule has 0 N–H and O–H groups in total. The molecule has 4 nitrogen and oxygen atoms in total. The number of hydrogen-bond donors (Lipinski definition) is 0. The molecule has 0 heterocycles. The molecule has 1 unspecified atom stereocenters. The van der Waals surface area contributed by atoms with Gasteiger partial charge in [-0.05, 0) is 80.8 Å². The van der Waals surface area contributed by atoms with Crippen LogP contribution >= 0.6 is 0 Å². The standard InChI is InChI=1S/C37H43F3O4/c1-4-6-8-10-11-13-25-42-34-24-22-31(35(39)36(34)40)37(41)44-30-20-17-28(18-21-30)15-16-29-19-23-33(32(38)26-29)43-27(3)14-12-9-7-5-2/h17-24,26-27H,4-14,25H2,1-3H3. The topological polar surface area (TPSA) is 44.8 Å². The van der Waals surface area contributed by atoms with Crippen molar-refractivity contribution in [3.05, 3.63) is 88.7 Å². The Morgan fingerprint density at radius 2 is 1.34 bits per heavy atom. The van der Waals surface area contributed by atoms with Gasteiger partial charge in [0.25, 0.3) is 0 Å². The highest BCUT2D eigenvalue weighted by Crippen LogP contribution is 2.25. The first-order valence-corrected chi connectivity index (χ1v) is 15.7. The van der Waals surface area contributed by atoms with E-state index in [1.807, 2.05) is 6.92 Å². The molecule has 0 aliphatic rings. The fourth-order valence-corrected chi connectivity index (χ4v) is 4.59. The zero-order valence-electron chi connectivity index (χ0n) is 26.0. The lowest BCUT2D eigenvalue weighted by Gasteiger charge is -2.15. The predicted molar refractivity (Wildman–Crippen MR) is 168 cm³/mol. The summed E-state index contributed by atoms with van der Waals surface area (Å²) in [5.74, 6) is 1.92. The Kier molecular flexibility index (Phi) is 14.7. The van der Waals surface area contributed by atoms with Crippen LogP contribution in [0.15, 0.2) is 54.6 Å². The monoisotopic (exact) mass is 608 g/mol. The molecular formula is C37H43F3O4. The van der Waals surface area contributed by atoms with Crippen molar-refractivity contribution in [2.75, 3.05) is 6.61 Å². The normalized spacial score (nSPS) is 11.4. The summed E-state index contributed by atoms with van der Waals surface area (Å²) >= 11 is 0. The first kappa shape index (κ1) is 34.6. The Morgan fingerprint density at radius 3 is 2.05 bits per heavy atom. The Labute approximate surface area is 259 Å². The van der Waals surface area contributed by atoms with Crippen LogP contribution in [0.25, 0.3) is 0 Å². The molecule has 0 saturated carbocycles. The van der Waals surface area contributed by atoms with E-state index >= 15 is 0 Å². The Morgan fingerprint density at radius 1 is 0.727 bits per heavy atom. The van der Waals surface area contributed by atoms with Gasteiger partial charge in [0.05, 0.1) is 18.3 Å². The van der Waals surface area contributed by atoms with E-state index in [1.54, 1.807) is 24.3 Å². The number of unbranched alkanes of at least 4 members (excludes halogenated alkanes) is 8. The number of benzene rings is 3. The van der Waals surface area contributed by atoms with Crippen LogP contribution in [0.1, 0.15) is 113 Å². The summed E-state index contributed by atoms with van der Waals surface area (Å²) in [6.45, 7) is 6.52. The molecule has 0 aromatic heterocycles. The third-order valence-electron chi connectivity index (χ3n) is 7.16. The lowest BCUT2D eigenvalue weighted by atomic mass is 10.1. The van der Waals surface area contributed by atoms with Gasteiger partial charge in [-0.15, -0.1) is 0 Å². The van der Waals surface area contributed by atoms with Gasteiger partial charge in [-0.2, -0.15) is 4.39 Å². The summed E-state index contributed by atoms with van der Waals surface area (Å²) < 4.78 is 60.1. The van der Waals surface area contributed by atoms with E-state index in [0.29, 0.717) is 11.1 Å². The number of carbonyl (C=O) groups excluding carboxylic acids is 1. The Bertz CT molecular complexity index is 1390. The summed E-state index contributed by atoms with van der Waals surface area (Å²) in [5, 5.41) is 0. The maximum Gasteiger partial charge on any atom is 0.346 e. The van der Waals surface area contributed by atoms with Gasteiger partial charge in [0.15, 0.2) is 23.1 Å². The summed E-state index contributed by atoms with van der Waals surface area (Å²) in [4.78, 5) is 12.5. The van der Waals surface area contributed by atoms with Crippen molar-refractivity contribution in [1.29, 1.82) is 0 Å². The minimum Gasteiger partial charge on any atom is -0.490 e. The molecule has 3 rings (SSSR count). The van der Waals surface area contributed by atoms with E-state index in [4.69, 9.17) is 14.2 Å². The van der Waals surface area contributed by atoms with Gasteiger partial charge in [0, 0.05) is 11.1 Å². The molecule has 3 aromatic carbocycles. The second kappa shape index (κ2) is 18.7. The van der Waals surface area contributed by atoms with Crippen molar-refractivity contribution in [3.63, 3.8) is 0 Å². The summed E-state index contributed by atoms with van der Waals surface area (Å²) in [7, 11) is 0. The van der Waals surface area contributed by atoms with Gasteiger partial charge in [-0.25, -0.2) is 13.6 Å². The lowest BCUT2D eigenvalue weighted by molar-refractivity contribution is 0.0728. The van der Waals surface area contributed by atoms with E-state index in [0.717, 1.165) is 57.4 Å². The van der Waals surface area contributed by atoms with Crippen LogP contribution in [-0.2, 0) is 0 Å². The summed E-state index contributed by atoms with van der Waals surface area (Å²) in [6, 6.07) is 13.2. The maximum absolute atomic E-state index is 14.6.